The van der Waals surface area contributed by atoms with E-state index in [-0.39, 0.29) is 32.0 Å². The third-order valence-corrected chi connectivity index (χ3v) is 9.80. The molecular weight excluding hydrogens is 560 g/mol. The predicted octanol–water partition coefficient (Wildman–Crippen LogP) is -0.962. The second-order valence-electron chi connectivity index (χ2n) is 12.8. The Hall–Kier alpha value is -2.17. The number of ether oxygens (including phenoxy) is 6. The summed E-state index contributed by atoms with van der Waals surface area (Å²) < 4.78 is 35.5. The number of aliphatic hydroxyl groups excluding tert-OH is 4. The summed E-state index contributed by atoms with van der Waals surface area (Å²) in [6.45, 7) is 8.50. The number of epoxide rings is 1. The van der Waals surface area contributed by atoms with Crippen LogP contribution in [0.5, 0.6) is 0 Å². The summed E-state index contributed by atoms with van der Waals surface area (Å²) in [7, 11) is 0. The second kappa shape index (κ2) is 10.8. The normalized spacial score (nSPS) is 47.5. The Morgan fingerprint density at radius 3 is 2.31 bits per heavy atom. The van der Waals surface area contributed by atoms with Gasteiger partial charge >= 0.3 is 17.9 Å². The smallest absolute Gasteiger partial charge is 0.335 e. The van der Waals surface area contributed by atoms with Gasteiger partial charge in [-0.15, -0.1) is 0 Å². The zero-order valence-electron chi connectivity index (χ0n) is 24.2. The molecule has 1 saturated carbocycles. The monoisotopic (exact) mass is 600 g/mol. The summed E-state index contributed by atoms with van der Waals surface area (Å²) >= 11 is 0. The summed E-state index contributed by atoms with van der Waals surface area (Å²) in [5.41, 5.74) is -2.89. The maximum atomic E-state index is 12.7. The van der Waals surface area contributed by atoms with Gasteiger partial charge < -0.3 is 54.0 Å². The molecule has 14 heteroatoms. The number of carboxylic acid groups (broad SMARTS) is 1. The van der Waals surface area contributed by atoms with E-state index in [2.05, 4.69) is 0 Å². The molecule has 5 aliphatic rings. The molecule has 5 N–H and O–H groups in total. The van der Waals surface area contributed by atoms with E-state index in [9.17, 15) is 39.9 Å². The predicted molar refractivity (Wildman–Crippen MR) is 137 cm³/mol. The average Bonchev–Trinajstić information content (AvgIpc) is 3.68. The van der Waals surface area contributed by atoms with Crippen molar-refractivity contribution in [3.05, 3.63) is 11.6 Å². The lowest BCUT2D eigenvalue weighted by Gasteiger charge is -2.59. The number of rotatable bonds is 8. The fourth-order valence-corrected chi connectivity index (χ4v) is 7.42. The summed E-state index contributed by atoms with van der Waals surface area (Å²) in [6.07, 6.45) is -12.4. The topological polar surface area (TPSA) is 211 Å². The van der Waals surface area contributed by atoms with E-state index in [1.165, 1.54) is 6.92 Å². The fraction of sp³-hybridized carbons (Fsp3) is 0.821. The van der Waals surface area contributed by atoms with E-state index in [4.69, 9.17) is 28.4 Å². The van der Waals surface area contributed by atoms with Crippen LogP contribution in [0.4, 0.5) is 0 Å². The molecule has 5 rings (SSSR count). The van der Waals surface area contributed by atoms with Crippen LogP contribution in [0.3, 0.4) is 0 Å². The van der Waals surface area contributed by atoms with Gasteiger partial charge in [-0.2, -0.15) is 0 Å². The molecule has 1 spiro atoms. The van der Waals surface area contributed by atoms with Crippen molar-refractivity contribution in [1.29, 1.82) is 0 Å². The van der Waals surface area contributed by atoms with Gasteiger partial charge in [0.25, 0.3) is 0 Å². The van der Waals surface area contributed by atoms with Gasteiger partial charge in [0.2, 0.25) is 0 Å². The second-order valence-corrected chi connectivity index (χ2v) is 12.8. The molecule has 0 unspecified atom stereocenters. The van der Waals surface area contributed by atoms with Crippen molar-refractivity contribution in [2.75, 3.05) is 13.2 Å². The van der Waals surface area contributed by atoms with Crippen LogP contribution in [0.25, 0.3) is 0 Å². The lowest BCUT2D eigenvalue weighted by atomic mass is 9.51. The Bertz CT molecular complexity index is 1130. The van der Waals surface area contributed by atoms with Gasteiger partial charge in [0.15, 0.2) is 12.4 Å². The number of fused-ring (bicyclic) bond motifs is 2. The molecule has 0 amide bonds. The largest absolute Gasteiger partial charge is 0.479 e. The maximum Gasteiger partial charge on any atom is 0.335 e. The van der Waals surface area contributed by atoms with Gasteiger partial charge in [0.05, 0.1) is 18.8 Å². The number of carboxylic acids is 1. The van der Waals surface area contributed by atoms with Crippen LogP contribution in [-0.4, -0.2) is 123 Å². The molecular formula is C28H40O14. The molecule has 3 aliphatic heterocycles. The third-order valence-electron chi connectivity index (χ3n) is 9.80. The van der Waals surface area contributed by atoms with Crippen LogP contribution >= 0.6 is 0 Å². The van der Waals surface area contributed by atoms with Crippen LogP contribution in [0.15, 0.2) is 11.6 Å². The summed E-state index contributed by atoms with van der Waals surface area (Å²) in [6, 6.07) is 0. The summed E-state index contributed by atoms with van der Waals surface area (Å²) in [5.74, 6) is -2.52. The van der Waals surface area contributed by atoms with E-state index in [1.807, 2.05) is 13.8 Å². The first-order valence-corrected chi connectivity index (χ1v) is 14.2. The van der Waals surface area contributed by atoms with E-state index >= 15 is 0 Å². The Morgan fingerprint density at radius 1 is 1.07 bits per heavy atom. The molecule has 42 heavy (non-hydrogen) atoms. The van der Waals surface area contributed by atoms with Crippen molar-refractivity contribution < 1.29 is 68.3 Å². The van der Waals surface area contributed by atoms with Crippen molar-refractivity contribution >= 4 is 17.9 Å². The highest BCUT2D eigenvalue weighted by atomic mass is 16.7. The number of hydrogen-bond acceptors (Lipinski definition) is 13. The van der Waals surface area contributed by atoms with Crippen molar-refractivity contribution in [3.63, 3.8) is 0 Å². The highest BCUT2D eigenvalue weighted by Crippen LogP contribution is 2.72. The lowest BCUT2D eigenvalue weighted by Crippen LogP contribution is -2.68. The highest BCUT2D eigenvalue weighted by Gasteiger charge is 2.86. The quantitative estimate of drug-likeness (QED) is 0.129. The van der Waals surface area contributed by atoms with E-state index in [1.54, 1.807) is 19.9 Å². The summed E-state index contributed by atoms with van der Waals surface area (Å²) in [4.78, 5) is 36.6. The number of carbonyl (C=O) groups excluding carboxylic acids is 2. The number of hydrogen-bond donors (Lipinski definition) is 5. The molecule has 3 saturated heterocycles. The first-order chi connectivity index (χ1) is 19.6. The third kappa shape index (κ3) is 4.58. The molecule has 14 nitrogen and oxygen atoms in total. The van der Waals surface area contributed by atoms with E-state index in [0.29, 0.717) is 5.57 Å². The minimum absolute atomic E-state index is 0.0562. The SMILES string of the molecule is CC(=O)OC[C@]12C[C@@H](OC(=O)CC(C)C)C(C)=C[C@H]1O[C@@H]1[C@@H](O)[C@H](O[C@@H]3O[C@H](C(=O)O)[C@@H](O)[C@H](O)[C@H]3O)[C@@]2(C)[C@]12CO2. The van der Waals surface area contributed by atoms with Crippen molar-refractivity contribution in [2.24, 2.45) is 16.7 Å². The van der Waals surface area contributed by atoms with Gasteiger partial charge in [-0.1, -0.05) is 26.8 Å². The molecule has 0 aromatic carbocycles. The zero-order valence-corrected chi connectivity index (χ0v) is 24.2. The van der Waals surface area contributed by atoms with Crippen LogP contribution in [0.2, 0.25) is 0 Å². The average molecular weight is 601 g/mol. The first-order valence-electron chi connectivity index (χ1n) is 14.2. The van der Waals surface area contributed by atoms with Gasteiger partial charge in [0, 0.05) is 30.6 Å². The van der Waals surface area contributed by atoms with Crippen LogP contribution in [0, 0.1) is 16.7 Å². The van der Waals surface area contributed by atoms with Crippen molar-refractivity contribution in [1.82, 2.24) is 0 Å². The molecule has 0 aromatic heterocycles. The summed E-state index contributed by atoms with van der Waals surface area (Å²) in [5, 5.41) is 52.4. The van der Waals surface area contributed by atoms with Gasteiger partial charge in [-0.05, 0) is 18.4 Å². The number of aliphatic carboxylic acids is 1. The molecule has 2 aliphatic carbocycles. The lowest BCUT2D eigenvalue weighted by molar-refractivity contribution is -0.325. The maximum absolute atomic E-state index is 12.7. The Balaban J connectivity index is 1.56. The zero-order chi connectivity index (χ0) is 30.9. The molecule has 0 radical (unpaired) electrons. The van der Waals surface area contributed by atoms with Crippen molar-refractivity contribution in [2.45, 2.75) is 114 Å². The van der Waals surface area contributed by atoms with Crippen molar-refractivity contribution in [3.8, 4) is 0 Å². The Labute approximate surface area is 242 Å². The highest BCUT2D eigenvalue weighted by molar-refractivity contribution is 5.73. The van der Waals surface area contributed by atoms with Gasteiger partial charge in [0.1, 0.15) is 48.8 Å². The number of carbonyl (C=O) groups is 3. The molecule has 2 bridgehead atoms. The molecule has 4 fully saturated rings. The minimum atomic E-state index is -1.94. The Morgan fingerprint density at radius 2 is 1.74 bits per heavy atom. The number of aliphatic hydroxyl groups is 4. The molecule has 13 atom stereocenters. The molecule has 236 valence electrons. The van der Waals surface area contributed by atoms with E-state index < -0.39 is 95.6 Å². The standard InChI is InChI=1S/C28H40O14/c1-11(2)6-16(30)39-14-8-27(9-37-13(4)29)15(7-12(14)3)40-23-20(34)22(26(27,5)28(23)10-38-28)42-25-19(33)17(31)18(32)21(41-25)24(35)36/h7,11,14-15,17-23,25,31-34H,6,8-10H2,1-5H3,(H,35,36)/t14-,15-,17+,18+,19-,20+,21+,22+,23-,25+,26-,27-,28+/m1/s1. The van der Waals surface area contributed by atoms with Crippen LogP contribution < -0.4 is 0 Å². The molecule has 3 heterocycles. The van der Waals surface area contributed by atoms with Gasteiger partial charge in [-0.25, -0.2) is 4.79 Å². The minimum Gasteiger partial charge on any atom is -0.479 e. The van der Waals surface area contributed by atoms with Crippen LogP contribution in [0.1, 0.15) is 47.5 Å². The first kappa shape index (κ1) is 31.3. The van der Waals surface area contributed by atoms with Gasteiger partial charge in [-0.3, -0.25) is 9.59 Å². The number of esters is 2. The van der Waals surface area contributed by atoms with Crippen LogP contribution in [-0.2, 0) is 42.8 Å². The molecule has 0 aromatic rings. The van der Waals surface area contributed by atoms with E-state index in [0.717, 1.165) is 0 Å². The Kier molecular flexibility index (Phi) is 8.02. The fourth-order valence-electron chi connectivity index (χ4n) is 7.42.